The molecular formula is C30H38N5O3+. The molecular weight excluding hydrogens is 478 g/mol. The third-order valence-corrected chi connectivity index (χ3v) is 6.55. The first-order chi connectivity index (χ1) is 18.2. The van der Waals surface area contributed by atoms with Crippen molar-refractivity contribution in [1.29, 1.82) is 0 Å². The van der Waals surface area contributed by atoms with E-state index in [0.717, 1.165) is 29.5 Å². The number of benzene rings is 2. The number of ketones is 1. The van der Waals surface area contributed by atoms with Crippen molar-refractivity contribution in [3.05, 3.63) is 82.9 Å². The highest BCUT2D eigenvalue weighted by Crippen LogP contribution is 2.25. The van der Waals surface area contributed by atoms with Crippen LogP contribution in [0.2, 0.25) is 0 Å². The van der Waals surface area contributed by atoms with Gasteiger partial charge in [0.25, 0.3) is 5.65 Å². The normalized spacial score (nSPS) is 11.8. The highest BCUT2D eigenvalue weighted by atomic mass is 16.5. The van der Waals surface area contributed by atoms with Gasteiger partial charge in [0.15, 0.2) is 12.3 Å². The van der Waals surface area contributed by atoms with E-state index in [0.29, 0.717) is 30.3 Å². The predicted octanol–water partition coefficient (Wildman–Crippen LogP) is 5.06. The summed E-state index contributed by atoms with van der Waals surface area (Å²) in [5, 5.41) is 8.99. The summed E-state index contributed by atoms with van der Waals surface area (Å²) in [7, 11) is 0. The third kappa shape index (κ3) is 6.55. The van der Waals surface area contributed by atoms with E-state index in [9.17, 15) is 4.79 Å². The summed E-state index contributed by atoms with van der Waals surface area (Å²) in [6.07, 6.45) is 1.85. The Morgan fingerprint density at radius 1 is 1.00 bits per heavy atom. The summed E-state index contributed by atoms with van der Waals surface area (Å²) in [5.74, 6) is 0.655. The predicted molar refractivity (Wildman–Crippen MR) is 147 cm³/mol. The molecule has 0 unspecified atom stereocenters. The fourth-order valence-corrected chi connectivity index (χ4v) is 4.19. The molecule has 4 aromatic rings. The van der Waals surface area contributed by atoms with Crippen LogP contribution in [-0.4, -0.2) is 26.6 Å². The molecule has 0 atom stereocenters. The zero-order chi connectivity index (χ0) is 27.3. The summed E-state index contributed by atoms with van der Waals surface area (Å²) < 4.78 is 14.9. The van der Waals surface area contributed by atoms with Crippen LogP contribution >= 0.6 is 0 Å². The number of hydrogen-bond acceptors (Lipinski definition) is 6. The molecule has 2 aromatic heterocycles. The quantitative estimate of drug-likeness (QED) is 0.221. The fourth-order valence-electron chi connectivity index (χ4n) is 4.19. The van der Waals surface area contributed by atoms with Gasteiger partial charge in [-0.25, -0.2) is 0 Å². The highest BCUT2D eigenvalue weighted by Gasteiger charge is 2.23. The summed E-state index contributed by atoms with van der Waals surface area (Å²) in [4.78, 5) is 13.4. The zero-order valence-corrected chi connectivity index (χ0v) is 23.0. The van der Waals surface area contributed by atoms with Crippen molar-refractivity contribution >= 4 is 17.4 Å². The molecule has 0 aliphatic carbocycles. The van der Waals surface area contributed by atoms with E-state index in [1.807, 2.05) is 42.5 Å². The van der Waals surface area contributed by atoms with Crippen molar-refractivity contribution < 1.29 is 19.0 Å². The van der Waals surface area contributed by atoms with E-state index < -0.39 is 0 Å². The van der Waals surface area contributed by atoms with Crippen LogP contribution in [0.25, 0.3) is 5.65 Å². The van der Waals surface area contributed by atoms with E-state index >= 15 is 0 Å². The van der Waals surface area contributed by atoms with Crippen LogP contribution in [0.4, 0.5) is 5.95 Å². The number of Topliss-reactive ketones (excluding diaryl/α,β-unsaturated/α-hetero) is 1. The Morgan fingerprint density at radius 2 is 1.71 bits per heavy atom. The average Bonchev–Trinajstić information content (AvgIpc) is 3.21. The molecule has 200 valence electrons. The number of hydrogen-bond donors (Lipinski definition) is 1. The number of carbonyl (C=O) groups is 1. The number of anilines is 1. The van der Waals surface area contributed by atoms with Crippen molar-refractivity contribution in [2.75, 3.05) is 5.73 Å². The van der Waals surface area contributed by atoms with Gasteiger partial charge in [-0.05, 0) is 47.1 Å². The summed E-state index contributed by atoms with van der Waals surface area (Å²) >= 11 is 0. The number of carbonyl (C=O) groups excluding carboxylic acids is 1. The smallest absolute Gasteiger partial charge is 0.401 e. The average molecular weight is 517 g/mol. The molecule has 38 heavy (non-hydrogen) atoms. The molecule has 2 heterocycles. The Balaban J connectivity index is 1.54. The van der Waals surface area contributed by atoms with Crippen LogP contribution in [-0.2, 0) is 29.9 Å². The van der Waals surface area contributed by atoms with Crippen molar-refractivity contribution in [3.8, 4) is 5.88 Å². The van der Waals surface area contributed by atoms with Crippen molar-refractivity contribution in [3.63, 3.8) is 0 Å². The summed E-state index contributed by atoms with van der Waals surface area (Å²) in [5.41, 5.74) is 10.5. The van der Waals surface area contributed by atoms with Gasteiger partial charge in [-0.1, -0.05) is 85.7 Å². The van der Waals surface area contributed by atoms with Crippen LogP contribution in [0.1, 0.15) is 74.5 Å². The lowest BCUT2D eigenvalue weighted by Gasteiger charge is -2.21. The SMILES string of the molecule is CCC(CC)Oc1ccc2n[n+](CC(=O)c3cc(COCc4ccccc4)cc(C(C)(C)C)c3)c(N)n2n1. The van der Waals surface area contributed by atoms with Gasteiger partial charge in [0.2, 0.25) is 5.88 Å². The molecule has 2 aromatic carbocycles. The number of nitrogens with two attached hydrogens (primary N) is 1. The largest absolute Gasteiger partial charge is 0.472 e. The number of nitrogen functional groups attached to an aromatic ring is 1. The second-order valence-corrected chi connectivity index (χ2v) is 10.6. The molecule has 0 radical (unpaired) electrons. The lowest BCUT2D eigenvalue weighted by atomic mass is 9.84. The van der Waals surface area contributed by atoms with Gasteiger partial charge in [-0.2, -0.15) is 0 Å². The van der Waals surface area contributed by atoms with E-state index in [1.165, 1.54) is 9.20 Å². The maximum absolute atomic E-state index is 13.4. The molecule has 4 rings (SSSR count). The molecule has 0 fully saturated rings. The molecule has 0 aliphatic rings. The van der Waals surface area contributed by atoms with Crippen molar-refractivity contribution in [2.45, 2.75) is 78.7 Å². The minimum absolute atomic E-state index is 0.00413. The van der Waals surface area contributed by atoms with Gasteiger partial charge in [0.05, 0.1) is 13.2 Å². The zero-order valence-electron chi connectivity index (χ0n) is 23.0. The van der Waals surface area contributed by atoms with Gasteiger partial charge >= 0.3 is 5.95 Å². The Bertz CT molecular complexity index is 1390. The first-order valence-corrected chi connectivity index (χ1v) is 13.2. The van der Waals surface area contributed by atoms with Gasteiger partial charge < -0.3 is 9.47 Å². The molecule has 2 N–H and O–H groups in total. The fraction of sp³-hybridized carbons (Fsp3) is 0.400. The first-order valence-electron chi connectivity index (χ1n) is 13.2. The number of aromatic nitrogens is 4. The lowest BCUT2D eigenvalue weighted by molar-refractivity contribution is -0.723. The van der Waals surface area contributed by atoms with Gasteiger partial charge in [0.1, 0.15) is 6.10 Å². The second kappa shape index (κ2) is 11.7. The van der Waals surface area contributed by atoms with E-state index in [1.54, 1.807) is 12.1 Å². The Hall–Kier alpha value is -3.78. The van der Waals surface area contributed by atoms with Crippen LogP contribution in [0, 0.1) is 0 Å². The minimum atomic E-state index is -0.130. The number of rotatable bonds is 11. The maximum atomic E-state index is 13.4. The Morgan fingerprint density at radius 3 is 2.39 bits per heavy atom. The van der Waals surface area contributed by atoms with Gasteiger partial charge in [-0.3, -0.25) is 10.5 Å². The van der Waals surface area contributed by atoms with Crippen LogP contribution < -0.4 is 15.2 Å². The van der Waals surface area contributed by atoms with E-state index in [2.05, 4.69) is 50.9 Å². The summed E-state index contributed by atoms with van der Waals surface area (Å²) in [6.45, 7) is 11.5. The standard InChI is InChI=1S/C30H37N5O3/c1-6-25(7-2)38-28-14-13-27-32-34(29(31)35(27)33-28)18-26(36)23-15-22(16-24(17-23)30(3,4)5)20-37-19-21-11-9-8-10-12-21/h8-17,25,31H,6-7,18-20H2,1-5H3/p+1. The number of fused-ring (bicyclic) bond motifs is 1. The van der Waals surface area contributed by atoms with Crippen LogP contribution in [0.5, 0.6) is 5.88 Å². The first kappa shape index (κ1) is 27.3. The number of nitrogens with zero attached hydrogens (tertiary/aromatic N) is 4. The molecule has 0 bridgehead atoms. The molecule has 0 amide bonds. The highest BCUT2D eigenvalue weighted by molar-refractivity contribution is 5.95. The maximum Gasteiger partial charge on any atom is 0.401 e. The minimum Gasteiger partial charge on any atom is -0.472 e. The Labute approximate surface area is 224 Å². The third-order valence-electron chi connectivity index (χ3n) is 6.55. The summed E-state index contributed by atoms with van der Waals surface area (Å²) in [6, 6.07) is 19.6. The van der Waals surface area contributed by atoms with Crippen molar-refractivity contribution in [1.82, 2.24) is 14.7 Å². The number of ether oxygens (including phenoxy) is 2. The van der Waals surface area contributed by atoms with Crippen LogP contribution in [0.3, 0.4) is 0 Å². The van der Waals surface area contributed by atoms with Gasteiger partial charge in [0, 0.05) is 17.7 Å². The van der Waals surface area contributed by atoms with Crippen molar-refractivity contribution in [2.24, 2.45) is 0 Å². The molecule has 0 spiro atoms. The topological polar surface area (TPSA) is 95.6 Å². The molecule has 0 aliphatic heterocycles. The van der Waals surface area contributed by atoms with Crippen LogP contribution in [0.15, 0.2) is 60.7 Å². The second-order valence-electron chi connectivity index (χ2n) is 10.6. The van der Waals surface area contributed by atoms with E-state index in [4.69, 9.17) is 15.2 Å². The van der Waals surface area contributed by atoms with E-state index in [-0.39, 0.29) is 29.8 Å². The Kier molecular flexibility index (Phi) is 8.42. The lowest BCUT2D eigenvalue weighted by Crippen LogP contribution is -2.42. The monoisotopic (exact) mass is 516 g/mol. The van der Waals surface area contributed by atoms with Gasteiger partial charge in [-0.15, -0.1) is 4.68 Å². The molecule has 8 heteroatoms. The molecule has 8 nitrogen and oxygen atoms in total. The molecule has 0 saturated carbocycles. The molecule has 0 saturated heterocycles.